The highest BCUT2D eigenvalue weighted by Gasteiger charge is 2.32. The Morgan fingerprint density at radius 1 is 1.33 bits per heavy atom. The average Bonchev–Trinajstić information content (AvgIpc) is 2.37. The van der Waals surface area contributed by atoms with Gasteiger partial charge in [0.05, 0.1) is 10.5 Å². The standard InChI is InChI=1S/C13H17F3N2O2S/c1-9-7-10(13(14,15)16)4-5-12(9)21(19,20)18-11-3-2-6-17-8-11/h4-5,7,11,17-18H,2-3,6,8H2,1H3/t11-/m0/s1. The summed E-state index contributed by atoms with van der Waals surface area (Å²) in [5.74, 6) is 0. The van der Waals surface area contributed by atoms with Crippen molar-refractivity contribution >= 4 is 10.0 Å². The Bertz CT molecular complexity index is 608. The molecule has 0 amide bonds. The highest BCUT2D eigenvalue weighted by Crippen LogP contribution is 2.31. The molecule has 1 aromatic carbocycles. The molecule has 0 unspecified atom stereocenters. The molecule has 4 nitrogen and oxygen atoms in total. The number of halogens is 3. The Hall–Kier alpha value is -1.12. The Morgan fingerprint density at radius 3 is 2.57 bits per heavy atom. The van der Waals surface area contributed by atoms with Crippen LogP contribution in [0.1, 0.15) is 24.0 Å². The van der Waals surface area contributed by atoms with Gasteiger partial charge in [0.2, 0.25) is 10.0 Å². The maximum absolute atomic E-state index is 12.6. The van der Waals surface area contributed by atoms with Gasteiger partial charge in [0.15, 0.2) is 0 Å². The van der Waals surface area contributed by atoms with Gasteiger partial charge in [-0.1, -0.05) is 0 Å². The first kappa shape index (κ1) is 16.3. The molecule has 2 N–H and O–H groups in total. The highest BCUT2D eigenvalue weighted by atomic mass is 32.2. The molecule has 0 saturated carbocycles. The minimum absolute atomic E-state index is 0.0843. The van der Waals surface area contributed by atoms with Gasteiger partial charge in [-0.25, -0.2) is 13.1 Å². The predicted molar refractivity (Wildman–Crippen MR) is 72.4 cm³/mol. The molecule has 1 aliphatic heterocycles. The lowest BCUT2D eigenvalue weighted by molar-refractivity contribution is -0.137. The van der Waals surface area contributed by atoms with Crippen molar-refractivity contribution in [3.8, 4) is 0 Å². The number of sulfonamides is 1. The molecule has 0 radical (unpaired) electrons. The van der Waals surface area contributed by atoms with Crippen molar-refractivity contribution in [2.24, 2.45) is 0 Å². The summed E-state index contributed by atoms with van der Waals surface area (Å²) in [6, 6.07) is 2.43. The second-order valence-corrected chi connectivity index (χ2v) is 6.83. The van der Waals surface area contributed by atoms with Crippen LogP contribution in [0.2, 0.25) is 0 Å². The van der Waals surface area contributed by atoms with Crippen LogP contribution in [0.5, 0.6) is 0 Å². The molecule has 118 valence electrons. The fourth-order valence-corrected chi connectivity index (χ4v) is 3.86. The summed E-state index contributed by atoms with van der Waals surface area (Å²) in [4.78, 5) is -0.110. The van der Waals surface area contributed by atoms with Crippen molar-refractivity contribution in [1.82, 2.24) is 10.0 Å². The first-order valence-corrected chi connectivity index (χ1v) is 8.09. The van der Waals surface area contributed by atoms with Crippen LogP contribution in [0.4, 0.5) is 13.2 Å². The molecule has 1 fully saturated rings. The summed E-state index contributed by atoms with van der Waals surface area (Å²) >= 11 is 0. The van der Waals surface area contributed by atoms with E-state index in [1.54, 1.807) is 0 Å². The van der Waals surface area contributed by atoms with Crippen LogP contribution in [-0.2, 0) is 16.2 Å². The van der Waals surface area contributed by atoms with Crippen molar-refractivity contribution in [2.45, 2.75) is 36.9 Å². The van der Waals surface area contributed by atoms with Crippen molar-refractivity contribution in [3.63, 3.8) is 0 Å². The molecule has 1 saturated heterocycles. The molecule has 21 heavy (non-hydrogen) atoms. The topological polar surface area (TPSA) is 58.2 Å². The van der Waals surface area contributed by atoms with Crippen molar-refractivity contribution in [3.05, 3.63) is 29.3 Å². The molecular weight excluding hydrogens is 305 g/mol. The van der Waals surface area contributed by atoms with E-state index in [-0.39, 0.29) is 16.5 Å². The summed E-state index contributed by atoms with van der Waals surface area (Å²) in [6.07, 6.45) is -2.90. The van der Waals surface area contributed by atoms with Gasteiger partial charge in [-0.3, -0.25) is 0 Å². The van der Waals surface area contributed by atoms with Crippen LogP contribution in [0, 0.1) is 6.92 Å². The molecule has 8 heteroatoms. The van der Waals surface area contributed by atoms with Crippen molar-refractivity contribution < 1.29 is 21.6 Å². The second-order valence-electron chi connectivity index (χ2n) is 5.14. The van der Waals surface area contributed by atoms with E-state index in [2.05, 4.69) is 10.0 Å². The van der Waals surface area contributed by atoms with Gasteiger partial charge in [0.25, 0.3) is 0 Å². The lowest BCUT2D eigenvalue weighted by atomic mass is 10.1. The zero-order valence-electron chi connectivity index (χ0n) is 11.5. The number of hydrogen-bond acceptors (Lipinski definition) is 3. The van der Waals surface area contributed by atoms with E-state index in [0.717, 1.165) is 31.2 Å². The first-order valence-electron chi connectivity index (χ1n) is 6.61. The van der Waals surface area contributed by atoms with E-state index in [9.17, 15) is 21.6 Å². The minimum Gasteiger partial charge on any atom is -0.315 e. The molecule has 1 aromatic rings. The molecule has 0 spiro atoms. The van der Waals surface area contributed by atoms with E-state index in [0.29, 0.717) is 13.0 Å². The van der Waals surface area contributed by atoms with E-state index >= 15 is 0 Å². The van der Waals surface area contributed by atoms with Gasteiger partial charge >= 0.3 is 6.18 Å². The van der Waals surface area contributed by atoms with Gasteiger partial charge in [0.1, 0.15) is 0 Å². The number of nitrogens with one attached hydrogen (secondary N) is 2. The third kappa shape index (κ3) is 3.96. The number of benzene rings is 1. The third-order valence-electron chi connectivity index (χ3n) is 3.41. The van der Waals surface area contributed by atoms with E-state index in [1.807, 2.05) is 0 Å². The summed E-state index contributed by atoms with van der Waals surface area (Å²) in [7, 11) is -3.81. The number of rotatable bonds is 3. The van der Waals surface area contributed by atoms with E-state index < -0.39 is 21.8 Å². The molecule has 0 aromatic heterocycles. The van der Waals surface area contributed by atoms with Gasteiger partial charge in [-0.05, 0) is 50.1 Å². The maximum Gasteiger partial charge on any atom is 0.416 e. The van der Waals surface area contributed by atoms with Crippen molar-refractivity contribution in [2.75, 3.05) is 13.1 Å². The summed E-state index contributed by atoms with van der Waals surface area (Å²) in [5, 5.41) is 3.08. The van der Waals surface area contributed by atoms with Crippen molar-refractivity contribution in [1.29, 1.82) is 0 Å². The normalized spacial score (nSPS) is 20.5. The Balaban J connectivity index is 2.23. The van der Waals surface area contributed by atoms with Crippen LogP contribution < -0.4 is 10.0 Å². The molecular formula is C13H17F3N2O2S. The molecule has 1 aliphatic rings. The van der Waals surface area contributed by atoms with Crippen LogP contribution in [0.15, 0.2) is 23.1 Å². The summed E-state index contributed by atoms with van der Waals surface area (Å²) in [6.45, 7) is 2.74. The largest absolute Gasteiger partial charge is 0.416 e. The average molecular weight is 322 g/mol. The third-order valence-corrected chi connectivity index (χ3v) is 5.09. The Morgan fingerprint density at radius 2 is 2.05 bits per heavy atom. The Labute approximate surface area is 121 Å². The fraction of sp³-hybridized carbons (Fsp3) is 0.538. The quantitative estimate of drug-likeness (QED) is 0.895. The SMILES string of the molecule is Cc1cc(C(F)(F)F)ccc1S(=O)(=O)N[C@H]1CCCNC1. The zero-order chi connectivity index (χ0) is 15.7. The fourth-order valence-electron chi connectivity index (χ4n) is 2.36. The monoisotopic (exact) mass is 322 g/mol. The van der Waals surface area contributed by atoms with Crippen LogP contribution >= 0.6 is 0 Å². The highest BCUT2D eigenvalue weighted by molar-refractivity contribution is 7.89. The second kappa shape index (κ2) is 5.94. The van der Waals surface area contributed by atoms with Gasteiger partial charge < -0.3 is 5.32 Å². The molecule has 0 bridgehead atoms. The van der Waals surface area contributed by atoms with Gasteiger partial charge in [-0.2, -0.15) is 13.2 Å². The summed E-state index contributed by atoms with van der Waals surface area (Å²) in [5.41, 5.74) is -0.764. The maximum atomic E-state index is 12.6. The lowest BCUT2D eigenvalue weighted by Gasteiger charge is -2.24. The van der Waals surface area contributed by atoms with Crippen LogP contribution in [-0.4, -0.2) is 27.5 Å². The number of hydrogen-bond donors (Lipinski definition) is 2. The van der Waals surface area contributed by atoms with E-state index in [4.69, 9.17) is 0 Å². The zero-order valence-corrected chi connectivity index (χ0v) is 12.3. The summed E-state index contributed by atoms with van der Waals surface area (Å²) < 4.78 is 64.8. The first-order chi connectivity index (χ1) is 9.70. The smallest absolute Gasteiger partial charge is 0.315 e. The predicted octanol–water partition coefficient (Wildman–Crippen LogP) is 2.04. The molecule has 1 heterocycles. The number of alkyl halides is 3. The van der Waals surface area contributed by atoms with Crippen LogP contribution in [0.3, 0.4) is 0 Å². The molecule has 0 aliphatic carbocycles. The number of aryl methyl sites for hydroxylation is 1. The van der Waals surface area contributed by atoms with Crippen LogP contribution in [0.25, 0.3) is 0 Å². The lowest BCUT2D eigenvalue weighted by Crippen LogP contribution is -2.45. The Kier molecular flexibility index (Phi) is 4.60. The minimum atomic E-state index is -4.48. The van der Waals surface area contributed by atoms with Gasteiger partial charge in [-0.15, -0.1) is 0 Å². The van der Waals surface area contributed by atoms with E-state index in [1.165, 1.54) is 6.92 Å². The molecule has 1 atom stereocenters. The molecule has 2 rings (SSSR count). The number of piperidine rings is 1. The van der Waals surface area contributed by atoms with Gasteiger partial charge in [0, 0.05) is 12.6 Å².